The Labute approximate surface area is 120 Å². The Morgan fingerprint density at radius 3 is 2.45 bits per heavy atom. The monoisotopic (exact) mass is 280 g/mol. The smallest absolute Gasteiger partial charge is 0.311 e. The van der Waals surface area contributed by atoms with E-state index in [1.807, 2.05) is 13.8 Å². The van der Waals surface area contributed by atoms with Crippen molar-refractivity contribution in [2.24, 2.45) is 5.92 Å². The predicted molar refractivity (Wildman–Crippen MR) is 81.4 cm³/mol. The molecule has 112 valence electrons. The van der Waals surface area contributed by atoms with Gasteiger partial charge in [0.1, 0.15) is 0 Å². The summed E-state index contributed by atoms with van der Waals surface area (Å²) in [6.07, 6.45) is 0.979. The van der Waals surface area contributed by atoms with Gasteiger partial charge in [-0.3, -0.25) is 10.1 Å². The lowest BCUT2D eigenvalue weighted by Crippen LogP contribution is -2.23. The summed E-state index contributed by atoms with van der Waals surface area (Å²) in [5.41, 5.74) is 0.847. The van der Waals surface area contributed by atoms with Crippen LogP contribution in [0.2, 0.25) is 0 Å². The number of benzene rings is 1. The topological polar surface area (TPSA) is 64.4 Å². The van der Waals surface area contributed by atoms with Crippen molar-refractivity contribution in [3.8, 4) is 5.75 Å². The number of nitrogens with zero attached hydrogens (tertiary/aromatic N) is 1. The van der Waals surface area contributed by atoms with Crippen molar-refractivity contribution in [3.05, 3.63) is 28.3 Å². The van der Waals surface area contributed by atoms with Gasteiger partial charge >= 0.3 is 5.69 Å². The van der Waals surface area contributed by atoms with Crippen LogP contribution in [0.4, 0.5) is 11.4 Å². The number of hydrogen-bond donors (Lipinski definition) is 1. The molecular weight excluding hydrogens is 256 g/mol. The van der Waals surface area contributed by atoms with Gasteiger partial charge in [-0.05, 0) is 32.8 Å². The van der Waals surface area contributed by atoms with Gasteiger partial charge < -0.3 is 10.1 Å². The average Bonchev–Trinajstić information content (AvgIpc) is 2.36. The van der Waals surface area contributed by atoms with Gasteiger partial charge in [-0.25, -0.2) is 0 Å². The Kier molecular flexibility index (Phi) is 5.80. The van der Waals surface area contributed by atoms with E-state index < -0.39 is 4.92 Å². The summed E-state index contributed by atoms with van der Waals surface area (Å²) in [6, 6.07) is 5.22. The third-order valence-electron chi connectivity index (χ3n) is 3.41. The number of nitro groups is 1. The Balaban J connectivity index is 2.97. The molecule has 0 heterocycles. The van der Waals surface area contributed by atoms with Crippen LogP contribution in [0.25, 0.3) is 0 Å². The van der Waals surface area contributed by atoms with E-state index >= 15 is 0 Å². The lowest BCUT2D eigenvalue weighted by molar-refractivity contribution is -0.386. The van der Waals surface area contributed by atoms with E-state index in [2.05, 4.69) is 26.1 Å². The minimum atomic E-state index is -0.417. The van der Waals surface area contributed by atoms with Crippen molar-refractivity contribution in [3.63, 3.8) is 0 Å². The van der Waals surface area contributed by atoms with Crippen LogP contribution >= 0.6 is 0 Å². The Morgan fingerprint density at radius 1 is 1.30 bits per heavy atom. The second-order valence-electron chi connectivity index (χ2n) is 5.42. The van der Waals surface area contributed by atoms with Gasteiger partial charge in [-0.1, -0.05) is 20.3 Å². The molecule has 0 spiro atoms. The minimum absolute atomic E-state index is 0.000410. The van der Waals surface area contributed by atoms with Gasteiger partial charge in [0.05, 0.1) is 11.0 Å². The Hall–Kier alpha value is -1.78. The number of ether oxygens (including phenoxy) is 1. The van der Waals surface area contributed by atoms with E-state index in [9.17, 15) is 10.1 Å². The molecule has 2 unspecified atom stereocenters. The number of rotatable bonds is 7. The first kappa shape index (κ1) is 16.3. The third kappa shape index (κ3) is 4.40. The van der Waals surface area contributed by atoms with E-state index in [4.69, 9.17) is 4.74 Å². The third-order valence-corrected chi connectivity index (χ3v) is 3.41. The standard InChI is InChI=1S/C15H24N2O3/c1-6-11(4)12(5)16-13-7-8-14(17(18)19)15(9-13)20-10(2)3/h7-12,16H,6H2,1-5H3. The number of anilines is 1. The molecule has 0 aliphatic heterocycles. The number of nitro benzene ring substituents is 1. The Bertz CT molecular complexity index is 460. The molecule has 5 heteroatoms. The molecule has 5 nitrogen and oxygen atoms in total. The van der Waals surface area contributed by atoms with Gasteiger partial charge in [-0.2, -0.15) is 0 Å². The van der Waals surface area contributed by atoms with Gasteiger partial charge in [0.2, 0.25) is 0 Å². The highest BCUT2D eigenvalue weighted by Gasteiger charge is 2.18. The van der Waals surface area contributed by atoms with Crippen LogP contribution in [-0.2, 0) is 0 Å². The van der Waals surface area contributed by atoms with Crippen LogP contribution < -0.4 is 10.1 Å². The first-order valence-electron chi connectivity index (χ1n) is 7.06. The minimum Gasteiger partial charge on any atom is -0.484 e. The molecule has 1 aromatic carbocycles. The first-order valence-corrected chi connectivity index (χ1v) is 7.06. The van der Waals surface area contributed by atoms with Crippen LogP contribution in [0.1, 0.15) is 41.0 Å². The largest absolute Gasteiger partial charge is 0.484 e. The molecule has 0 aliphatic carbocycles. The van der Waals surface area contributed by atoms with Gasteiger partial charge in [0, 0.05) is 23.9 Å². The number of nitrogens with one attached hydrogen (secondary N) is 1. The van der Waals surface area contributed by atoms with Crippen LogP contribution in [0.15, 0.2) is 18.2 Å². The summed E-state index contributed by atoms with van der Waals surface area (Å²) < 4.78 is 5.53. The molecule has 1 rings (SSSR count). The maximum absolute atomic E-state index is 11.0. The SMILES string of the molecule is CCC(C)C(C)Nc1ccc([N+](=O)[O-])c(OC(C)C)c1. The van der Waals surface area contributed by atoms with Gasteiger partial charge in [0.25, 0.3) is 0 Å². The highest BCUT2D eigenvalue weighted by atomic mass is 16.6. The quantitative estimate of drug-likeness (QED) is 0.599. The van der Waals surface area contributed by atoms with E-state index in [1.54, 1.807) is 12.1 Å². The summed E-state index contributed by atoms with van der Waals surface area (Å²) >= 11 is 0. The first-order chi connectivity index (χ1) is 9.35. The zero-order valence-corrected chi connectivity index (χ0v) is 12.8. The van der Waals surface area contributed by atoms with Crippen molar-refractivity contribution in [1.82, 2.24) is 0 Å². The van der Waals surface area contributed by atoms with Crippen molar-refractivity contribution >= 4 is 11.4 Å². The molecule has 0 saturated heterocycles. The molecule has 2 atom stereocenters. The fourth-order valence-electron chi connectivity index (χ4n) is 1.86. The van der Waals surface area contributed by atoms with Crippen molar-refractivity contribution < 1.29 is 9.66 Å². The van der Waals surface area contributed by atoms with Crippen molar-refractivity contribution in [2.45, 2.75) is 53.2 Å². The van der Waals surface area contributed by atoms with Crippen molar-refractivity contribution in [2.75, 3.05) is 5.32 Å². The predicted octanol–water partition coefficient (Wildman–Crippen LogP) is 4.23. The summed E-state index contributed by atoms with van der Waals surface area (Å²) in [4.78, 5) is 10.6. The van der Waals surface area contributed by atoms with Gasteiger partial charge in [-0.15, -0.1) is 0 Å². The highest BCUT2D eigenvalue weighted by molar-refractivity contribution is 5.58. The fraction of sp³-hybridized carbons (Fsp3) is 0.600. The van der Waals surface area contributed by atoms with Crippen LogP contribution in [0.5, 0.6) is 5.75 Å². The van der Waals surface area contributed by atoms with Crippen LogP contribution in [-0.4, -0.2) is 17.1 Å². The number of hydrogen-bond acceptors (Lipinski definition) is 4. The maximum atomic E-state index is 11.0. The molecule has 1 N–H and O–H groups in total. The second-order valence-corrected chi connectivity index (χ2v) is 5.42. The molecule has 0 amide bonds. The molecule has 0 aromatic heterocycles. The second kappa shape index (κ2) is 7.12. The molecule has 0 radical (unpaired) electrons. The summed E-state index contributed by atoms with van der Waals surface area (Å²) in [5.74, 6) is 0.839. The zero-order chi connectivity index (χ0) is 15.3. The zero-order valence-electron chi connectivity index (χ0n) is 12.8. The van der Waals surface area contributed by atoms with E-state index in [0.29, 0.717) is 17.7 Å². The summed E-state index contributed by atoms with van der Waals surface area (Å²) in [5, 5.41) is 14.4. The summed E-state index contributed by atoms with van der Waals surface area (Å²) in [7, 11) is 0. The molecule has 0 bridgehead atoms. The van der Waals surface area contributed by atoms with E-state index in [-0.39, 0.29) is 11.8 Å². The highest BCUT2D eigenvalue weighted by Crippen LogP contribution is 2.31. The summed E-state index contributed by atoms with van der Waals surface area (Å²) in [6.45, 7) is 10.1. The average molecular weight is 280 g/mol. The van der Waals surface area contributed by atoms with Gasteiger partial charge in [0.15, 0.2) is 5.75 Å². The van der Waals surface area contributed by atoms with E-state index in [1.165, 1.54) is 6.07 Å². The molecule has 20 heavy (non-hydrogen) atoms. The lowest BCUT2D eigenvalue weighted by Gasteiger charge is -2.21. The van der Waals surface area contributed by atoms with Crippen LogP contribution in [0.3, 0.4) is 0 Å². The molecule has 1 aromatic rings. The molecular formula is C15H24N2O3. The normalized spacial score (nSPS) is 13.9. The lowest BCUT2D eigenvalue weighted by atomic mass is 10.0. The Morgan fingerprint density at radius 2 is 1.95 bits per heavy atom. The fourth-order valence-corrected chi connectivity index (χ4v) is 1.86. The molecule has 0 fully saturated rings. The van der Waals surface area contributed by atoms with Crippen molar-refractivity contribution in [1.29, 1.82) is 0 Å². The molecule has 0 aliphatic rings. The maximum Gasteiger partial charge on any atom is 0.311 e. The van der Waals surface area contributed by atoms with E-state index in [0.717, 1.165) is 12.1 Å². The molecule has 0 saturated carbocycles. The van der Waals surface area contributed by atoms with Crippen LogP contribution in [0, 0.1) is 16.0 Å².